The van der Waals surface area contributed by atoms with Crippen LogP contribution in [0.4, 0.5) is 5.82 Å². The summed E-state index contributed by atoms with van der Waals surface area (Å²) in [6.07, 6.45) is 5.62. The number of pyridine rings is 1. The molecule has 1 atom stereocenters. The minimum Gasteiger partial charge on any atom is -0.491 e. The predicted octanol–water partition coefficient (Wildman–Crippen LogP) is 4.68. The monoisotopic (exact) mass is 461 g/mol. The molecule has 1 aromatic carbocycles. The molecule has 0 saturated heterocycles. The molecule has 0 aliphatic carbocycles. The van der Waals surface area contributed by atoms with Gasteiger partial charge in [-0.2, -0.15) is 18.8 Å². The van der Waals surface area contributed by atoms with Gasteiger partial charge in [-0.25, -0.2) is 9.97 Å². The fourth-order valence-corrected chi connectivity index (χ4v) is 3.77. The minimum atomic E-state index is 0. The van der Waals surface area contributed by atoms with Crippen molar-refractivity contribution in [2.24, 2.45) is 0 Å². The van der Waals surface area contributed by atoms with Gasteiger partial charge in [0.05, 0.1) is 24.1 Å². The summed E-state index contributed by atoms with van der Waals surface area (Å²) in [7, 11) is 0. The molecule has 4 rings (SSSR count). The number of rotatable bonds is 9. The lowest BCUT2D eigenvalue weighted by molar-refractivity contribution is 0.0980. The number of Topliss-reactive ketones (excluding diaryl/α,β-unsaturated/α-hetero) is 1. The largest absolute Gasteiger partial charge is 0.491 e. The highest BCUT2D eigenvalue weighted by atomic mass is 32.1. The minimum absolute atomic E-state index is 0. The number of carbonyl (C=O) groups is 1. The molecule has 1 N–H and O–H groups in total. The summed E-state index contributed by atoms with van der Waals surface area (Å²) < 4.78 is 5.78. The number of hydrogen-bond acceptors (Lipinski definition) is 7. The van der Waals surface area contributed by atoms with Crippen LogP contribution in [-0.4, -0.2) is 33.9 Å². The first-order chi connectivity index (χ1) is 15.7. The number of nitriles is 1. The number of hydrogen-bond donors (Lipinski definition) is 1. The maximum atomic E-state index is 12.2. The molecular weight excluding hydrogens is 434 g/mol. The van der Waals surface area contributed by atoms with Crippen molar-refractivity contribution >= 4 is 25.1 Å². The standard InChI is InChI=1S/C25H25N5O2.H2S/c1-17(20-9-12-27-21-10-13-32-25(20)21)15-28-24-14-22(29-16-30-24)18-5-7-19(8-6-18)23(31)4-2-3-11-26;/h5-9,12,14,16-17H,2-4,10,13,15H2,1H3,(H,28,29,30);1H2/t17-;/m1./s1. The van der Waals surface area contributed by atoms with Gasteiger partial charge >= 0.3 is 0 Å². The van der Waals surface area contributed by atoms with Crippen molar-refractivity contribution in [1.29, 1.82) is 5.26 Å². The lowest BCUT2D eigenvalue weighted by Gasteiger charge is -2.16. The van der Waals surface area contributed by atoms with Crippen LogP contribution in [-0.2, 0) is 6.42 Å². The molecule has 0 fully saturated rings. The van der Waals surface area contributed by atoms with Gasteiger partial charge < -0.3 is 10.1 Å². The first-order valence-corrected chi connectivity index (χ1v) is 10.8. The summed E-state index contributed by atoms with van der Waals surface area (Å²) in [5, 5.41) is 12.0. The normalized spacial score (nSPS) is 12.6. The number of unbranched alkanes of at least 4 members (excludes halogenated alkanes) is 1. The molecule has 8 heteroatoms. The third-order valence-electron chi connectivity index (χ3n) is 5.58. The van der Waals surface area contributed by atoms with Crippen LogP contribution in [0.25, 0.3) is 11.3 Å². The number of fused-ring (bicyclic) bond motifs is 1. The Hall–Kier alpha value is -3.44. The summed E-state index contributed by atoms with van der Waals surface area (Å²) >= 11 is 0. The predicted molar refractivity (Wildman–Crippen MR) is 132 cm³/mol. The smallest absolute Gasteiger partial charge is 0.162 e. The van der Waals surface area contributed by atoms with E-state index in [4.69, 9.17) is 10.00 Å². The second-order valence-electron chi connectivity index (χ2n) is 7.86. The van der Waals surface area contributed by atoms with Crippen molar-refractivity contribution in [2.75, 3.05) is 18.5 Å². The molecule has 0 saturated carbocycles. The third-order valence-corrected chi connectivity index (χ3v) is 5.58. The van der Waals surface area contributed by atoms with E-state index in [1.165, 1.54) is 6.33 Å². The number of nitrogens with zero attached hydrogens (tertiary/aromatic N) is 4. The fourth-order valence-electron chi connectivity index (χ4n) is 3.77. The molecule has 0 amide bonds. The molecule has 3 heterocycles. The van der Waals surface area contributed by atoms with Crippen LogP contribution >= 0.6 is 13.5 Å². The zero-order valence-electron chi connectivity index (χ0n) is 18.5. The number of aromatic nitrogens is 3. The summed E-state index contributed by atoms with van der Waals surface area (Å²) in [5.41, 5.74) is 4.54. The molecule has 0 bridgehead atoms. The maximum Gasteiger partial charge on any atom is 0.162 e. The van der Waals surface area contributed by atoms with Crippen LogP contribution in [0.3, 0.4) is 0 Å². The Morgan fingerprint density at radius 1 is 1.21 bits per heavy atom. The molecule has 0 radical (unpaired) electrons. The Bertz CT molecular complexity index is 1140. The Morgan fingerprint density at radius 3 is 2.82 bits per heavy atom. The number of nitrogens with one attached hydrogen (secondary N) is 1. The van der Waals surface area contributed by atoms with Crippen LogP contribution in [0.1, 0.15) is 53.7 Å². The van der Waals surface area contributed by atoms with E-state index >= 15 is 0 Å². The van der Waals surface area contributed by atoms with Crippen molar-refractivity contribution in [1.82, 2.24) is 15.0 Å². The van der Waals surface area contributed by atoms with Gasteiger partial charge in [0.15, 0.2) is 5.78 Å². The molecule has 2 aromatic heterocycles. The van der Waals surface area contributed by atoms with E-state index in [1.807, 2.05) is 42.6 Å². The van der Waals surface area contributed by atoms with E-state index in [9.17, 15) is 4.79 Å². The molecule has 1 aliphatic rings. The second kappa shape index (κ2) is 11.4. The van der Waals surface area contributed by atoms with Crippen LogP contribution in [0, 0.1) is 11.3 Å². The van der Waals surface area contributed by atoms with E-state index in [0.29, 0.717) is 38.0 Å². The molecule has 0 spiro atoms. The quantitative estimate of drug-likeness (QED) is 0.365. The van der Waals surface area contributed by atoms with Crippen LogP contribution in [0.2, 0.25) is 0 Å². The van der Waals surface area contributed by atoms with E-state index in [1.54, 1.807) is 0 Å². The fraction of sp³-hybridized carbons (Fsp3) is 0.320. The highest BCUT2D eigenvalue weighted by molar-refractivity contribution is 7.59. The zero-order valence-corrected chi connectivity index (χ0v) is 19.5. The van der Waals surface area contributed by atoms with Crippen molar-refractivity contribution in [3.8, 4) is 23.1 Å². The summed E-state index contributed by atoms with van der Waals surface area (Å²) in [6.45, 7) is 3.55. The molecule has 3 aromatic rings. The Balaban J connectivity index is 0.00000306. The van der Waals surface area contributed by atoms with Gasteiger partial charge in [-0.1, -0.05) is 31.2 Å². The molecule has 7 nitrogen and oxygen atoms in total. The molecule has 1 aliphatic heterocycles. The Kier molecular flexibility index (Phi) is 8.39. The van der Waals surface area contributed by atoms with E-state index in [2.05, 4.69) is 33.3 Å². The van der Waals surface area contributed by atoms with Gasteiger partial charge in [0, 0.05) is 60.7 Å². The molecule has 33 heavy (non-hydrogen) atoms. The van der Waals surface area contributed by atoms with Gasteiger partial charge in [0.25, 0.3) is 0 Å². The lowest BCUT2D eigenvalue weighted by atomic mass is 10.00. The molecule has 170 valence electrons. The average molecular weight is 462 g/mol. The first kappa shape index (κ1) is 24.2. The first-order valence-electron chi connectivity index (χ1n) is 10.8. The Morgan fingerprint density at radius 2 is 2.03 bits per heavy atom. The highest BCUT2D eigenvalue weighted by Gasteiger charge is 2.20. The number of ether oxygens (including phenoxy) is 1. The zero-order chi connectivity index (χ0) is 22.3. The topological polar surface area (TPSA) is 101 Å². The maximum absolute atomic E-state index is 12.2. The van der Waals surface area contributed by atoms with Crippen molar-refractivity contribution in [3.05, 3.63) is 65.7 Å². The summed E-state index contributed by atoms with van der Waals surface area (Å²) in [6, 6.07) is 13.4. The molecule has 0 unspecified atom stereocenters. The van der Waals surface area contributed by atoms with Crippen molar-refractivity contribution in [3.63, 3.8) is 0 Å². The van der Waals surface area contributed by atoms with Crippen molar-refractivity contribution < 1.29 is 9.53 Å². The van der Waals surface area contributed by atoms with Crippen LogP contribution in [0.15, 0.2) is 48.9 Å². The van der Waals surface area contributed by atoms with Crippen LogP contribution in [0.5, 0.6) is 5.75 Å². The van der Waals surface area contributed by atoms with E-state index < -0.39 is 0 Å². The van der Waals surface area contributed by atoms with E-state index in [0.717, 1.165) is 40.5 Å². The second-order valence-corrected chi connectivity index (χ2v) is 7.86. The lowest BCUT2D eigenvalue weighted by Crippen LogP contribution is -2.12. The van der Waals surface area contributed by atoms with Crippen molar-refractivity contribution in [2.45, 2.75) is 38.5 Å². The summed E-state index contributed by atoms with van der Waals surface area (Å²) in [5.74, 6) is 1.95. The van der Waals surface area contributed by atoms with Gasteiger partial charge in [0.1, 0.15) is 17.9 Å². The number of ketones is 1. The SMILES string of the molecule is C[C@H](CNc1cc(-c2ccc(C(=O)CCCC#N)cc2)ncn1)c1ccnc2c1OCC2.S. The van der Waals surface area contributed by atoms with Gasteiger partial charge in [-0.05, 0) is 12.5 Å². The van der Waals surface area contributed by atoms with E-state index in [-0.39, 0.29) is 25.2 Å². The highest BCUT2D eigenvalue weighted by Crippen LogP contribution is 2.33. The van der Waals surface area contributed by atoms with Gasteiger partial charge in [-0.3, -0.25) is 9.78 Å². The number of carbonyl (C=O) groups excluding carboxylic acids is 1. The number of benzene rings is 1. The van der Waals surface area contributed by atoms with Gasteiger partial charge in [-0.15, -0.1) is 0 Å². The van der Waals surface area contributed by atoms with Crippen LogP contribution < -0.4 is 10.1 Å². The summed E-state index contributed by atoms with van der Waals surface area (Å²) in [4.78, 5) is 25.3. The van der Waals surface area contributed by atoms with Gasteiger partial charge in [0.2, 0.25) is 0 Å². The average Bonchev–Trinajstić information content (AvgIpc) is 3.32. The number of anilines is 1. The molecular formula is C25H27N5O2S. The Labute approximate surface area is 200 Å². The third kappa shape index (κ3) is 5.88.